The minimum atomic E-state index is 0.265. The van der Waals surface area contributed by atoms with Crippen LogP contribution < -0.4 is 0 Å². The number of hydrogen-bond acceptors (Lipinski definition) is 2. The maximum atomic E-state index is 9.50. The van der Waals surface area contributed by atoms with Crippen molar-refractivity contribution in [2.45, 2.75) is 13.8 Å². The first-order valence-electron chi connectivity index (χ1n) is 5.84. The fraction of sp³-hybridized carbons (Fsp3) is 0.125. The van der Waals surface area contributed by atoms with Gasteiger partial charge < -0.3 is 10.2 Å². The Morgan fingerprint density at radius 2 is 1.33 bits per heavy atom. The van der Waals surface area contributed by atoms with Crippen LogP contribution in [0.4, 0.5) is 0 Å². The molecule has 2 heteroatoms. The second kappa shape index (κ2) is 4.96. The summed E-state index contributed by atoms with van der Waals surface area (Å²) in [6.07, 6.45) is 0. The average Bonchev–Trinajstić information content (AvgIpc) is 2.38. The molecule has 0 aliphatic heterocycles. The first-order valence-corrected chi connectivity index (χ1v) is 5.84. The standard InChI is InChI=1S/C16H16O2/c1-11(13-6-8-15(17)9-7-13)12(2)14-4-3-5-16(18)10-14/h3-10,17-18H,1-2H3/b12-11+. The Morgan fingerprint density at radius 1 is 0.722 bits per heavy atom. The molecule has 0 heterocycles. The summed E-state index contributed by atoms with van der Waals surface area (Å²) in [5, 5.41) is 18.8. The molecule has 0 spiro atoms. The van der Waals surface area contributed by atoms with Crippen LogP contribution in [0.2, 0.25) is 0 Å². The van der Waals surface area contributed by atoms with Gasteiger partial charge in [-0.05, 0) is 60.4 Å². The summed E-state index contributed by atoms with van der Waals surface area (Å²) < 4.78 is 0. The number of phenolic OH excluding ortho intramolecular Hbond substituents is 2. The van der Waals surface area contributed by atoms with Crippen LogP contribution in [0.5, 0.6) is 11.5 Å². The summed E-state index contributed by atoms with van der Waals surface area (Å²) in [6.45, 7) is 4.06. The Bertz CT molecular complexity index is 580. The molecule has 92 valence electrons. The molecule has 0 fully saturated rings. The fourth-order valence-electron chi connectivity index (χ4n) is 1.88. The number of phenols is 2. The average molecular weight is 240 g/mol. The van der Waals surface area contributed by atoms with Crippen molar-refractivity contribution < 1.29 is 10.2 Å². The molecule has 0 radical (unpaired) electrons. The number of allylic oxidation sites excluding steroid dienone is 2. The molecule has 0 atom stereocenters. The Morgan fingerprint density at radius 3 is 1.94 bits per heavy atom. The van der Waals surface area contributed by atoms with E-state index in [0.717, 1.165) is 22.3 Å². The smallest absolute Gasteiger partial charge is 0.116 e. The van der Waals surface area contributed by atoms with Crippen molar-refractivity contribution in [3.63, 3.8) is 0 Å². The van der Waals surface area contributed by atoms with E-state index in [1.54, 1.807) is 24.3 Å². The van der Waals surface area contributed by atoms with Crippen LogP contribution in [0.1, 0.15) is 25.0 Å². The van der Waals surface area contributed by atoms with E-state index in [1.165, 1.54) is 0 Å². The topological polar surface area (TPSA) is 40.5 Å². The van der Waals surface area contributed by atoms with E-state index in [4.69, 9.17) is 0 Å². The molecule has 2 aromatic carbocycles. The first-order chi connectivity index (χ1) is 8.58. The van der Waals surface area contributed by atoms with Gasteiger partial charge >= 0.3 is 0 Å². The Balaban J connectivity index is 2.44. The molecule has 2 rings (SSSR count). The highest BCUT2D eigenvalue weighted by molar-refractivity contribution is 5.89. The van der Waals surface area contributed by atoms with E-state index >= 15 is 0 Å². The normalized spacial score (nSPS) is 12.1. The minimum absolute atomic E-state index is 0.265. The van der Waals surface area contributed by atoms with Crippen LogP contribution in [0, 0.1) is 0 Å². The number of hydrogen-bond donors (Lipinski definition) is 2. The molecule has 0 saturated carbocycles. The monoisotopic (exact) mass is 240 g/mol. The minimum Gasteiger partial charge on any atom is -0.508 e. The van der Waals surface area contributed by atoms with Gasteiger partial charge in [-0.25, -0.2) is 0 Å². The maximum absolute atomic E-state index is 9.50. The largest absolute Gasteiger partial charge is 0.508 e. The number of rotatable bonds is 2. The third-order valence-electron chi connectivity index (χ3n) is 3.14. The van der Waals surface area contributed by atoms with Crippen LogP contribution in [0.3, 0.4) is 0 Å². The van der Waals surface area contributed by atoms with Gasteiger partial charge in [-0.2, -0.15) is 0 Å². The zero-order valence-electron chi connectivity index (χ0n) is 10.5. The highest BCUT2D eigenvalue weighted by Crippen LogP contribution is 2.28. The van der Waals surface area contributed by atoms with Gasteiger partial charge in [-0.15, -0.1) is 0 Å². The van der Waals surface area contributed by atoms with Gasteiger partial charge in [0.05, 0.1) is 0 Å². The SMILES string of the molecule is C/C(=C(/C)c1cccc(O)c1)c1ccc(O)cc1. The van der Waals surface area contributed by atoms with Crippen LogP contribution in [-0.4, -0.2) is 10.2 Å². The molecule has 0 saturated heterocycles. The summed E-state index contributed by atoms with van der Waals surface area (Å²) >= 11 is 0. The molecule has 0 aliphatic carbocycles. The Hall–Kier alpha value is -2.22. The molecular weight excluding hydrogens is 224 g/mol. The van der Waals surface area contributed by atoms with E-state index in [-0.39, 0.29) is 11.5 Å². The quantitative estimate of drug-likeness (QED) is 0.777. The van der Waals surface area contributed by atoms with Gasteiger partial charge in [0.25, 0.3) is 0 Å². The Kier molecular flexibility index (Phi) is 3.38. The highest BCUT2D eigenvalue weighted by atomic mass is 16.3. The van der Waals surface area contributed by atoms with Crippen molar-refractivity contribution >= 4 is 11.1 Å². The molecule has 18 heavy (non-hydrogen) atoms. The summed E-state index contributed by atoms with van der Waals surface area (Å²) in [5.41, 5.74) is 4.30. The Labute approximate surface area is 107 Å². The van der Waals surface area contributed by atoms with E-state index in [2.05, 4.69) is 0 Å². The summed E-state index contributed by atoms with van der Waals surface area (Å²) in [7, 11) is 0. The van der Waals surface area contributed by atoms with Gasteiger partial charge in [-0.3, -0.25) is 0 Å². The lowest BCUT2D eigenvalue weighted by Gasteiger charge is -2.09. The molecule has 0 amide bonds. The lowest BCUT2D eigenvalue weighted by molar-refractivity contribution is 0.474. The van der Waals surface area contributed by atoms with Crippen molar-refractivity contribution in [3.8, 4) is 11.5 Å². The molecule has 0 aromatic heterocycles. The second-order valence-corrected chi connectivity index (χ2v) is 4.35. The van der Waals surface area contributed by atoms with E-state index in [0.29, 0.717) is 0 Å². The highest BCUT2D eigenvalue weighted by Gasteiger charge is 2.04. The zero-order valence-corrected chi connectivity index (χ0v) is 10.5. The lowest BCUT2D eigenvalue weighted by atomic mass is 9.97. The molecule has 0 aliphatic rings. The predicted molar refractivity (Wildman–Crippen MR) is 74.4 cm³/mol. The lowest BCUT2D eigenvalue weighted by Crippen LogP contribution is -1.86. The predicted octanol–water partition coefficient (Wildman–Crippen LogP) is 4.05. The van der Waals surface area contributed by atoms with Gasteiger partial charge in [-0.1, -0.05) is 24.3 Å². The van der Waals surface area contributed by atoms with Gasteiger partial charge in [0.1, 0.15) is 11.5 Å². The van der Waals surface area contributed by atoms with Crippen LogP contribution in [0.25, 0.3) is 11.1 Å². The van der Waals surface area contributed by atoms with Crippen molar-refractivity contribution in [3.05, 3.63) is 59.7 Å². The van der Waals surface area contributed by atoms with E-state index in [1.807, 2.05) is 38.1 Å². The first kappa shape index (κ1) is 12.2. The van der Waals surface area contributed by atoms with Gasteiger partial charge in [0.2, 0.25) is 0 Å². The van der Waals surface area contributed by atoms with Crippen LogP contribution in [-0.2, 0) is 0 Å². The van der Waals surface area contributed by atoms with Crippen molar-refractivity contribution in [1.82, 2.24) is 0 Å². The fourth-order valence-corrected chi connectivity index (χ4v) is 1.88. The molecule has 0 unspecified atom stereocenters. The summed E-state index contributed by atoms with van der Waals surface area (Å²) in [6, 6.07) is 14.3. The third kappa shape index (κ3) is 2.54. The number of aromatic hydroxyl groups is 2. The van der Waals surface area contributed by atoms with Crippen molar-refractivity contribution in [1.29, 1.82) is 0 Å². The van der Waals surface area contributed by atoms with Crippen LogP contribution >= 0.6 is 0 Å². The van der Waals surface area contributed by atoms with Gasteiger partial charge in [0, 0.05) is 0 Å². The van der Waals surface area contributed by atoms with E-state index in [9.17, 15) is 10.2 Å². The van der Waals surface area contributed by atoms with Crippen LogP contribution in [0.15, 0.2) is 48.5 Å². The zero-order chi connectivity index (χ0) is 13.1. The maximum Gasteiger partial charge on any atom is 0.116 e. The van der Waals surface area contributed by atoms with E-state index < -0.39 is 0 Å². The van der Waals surface area contributed by atoms with Crippen molar-refractivity contribution in [2.24, 2.45) is 0 Å². The van der Waals surface area contributed by atoms with Crippen molar-refractivity contribution in [2.75, 3.05) is 0 Å². The number of benzene rings is 2. The van der Waals surface area contributed by atoms with Gasteiger partial charge in [0.15, 0.2) is 0 Å². The molecule has 2 N–H and O–H groups in total. The molecule has 2 nitrogen and oxygen atoms in total. The summed E-state index contributed by atoms with van der Waals surface area (Å²) in [5.74, 6) is 0.534. The molecule has 2 aromatic rings. The molecular formula is C16H16O2. The molecule has 0 bridgehead atoms. The second-order valence-electron chi connectivity index (χ2n) is 4.35. The third-order valence-corrected chi connectivity index (χ3v) is 3.14. The summed E-state index contributed by atoms with van der Waals surface area (Å²) in [4.78, 5) is 0.